The van der Waals surface area contributed by atoms with E-state index < -0.39 is 0 Å². The van der Waals surface area contributed by atoms with Gasteiger partial charge < -0.3 is 4.74 Å². The maximum atomic E-state index is 12.8. The molecule has 25 heavy (non-hydrogen) atoms. The largest absolute Gasteiger partial charge is 0.491 e. The first-order valence-electron chi connectivity index (χ1n) is 8.52. The van der Waals surface area contributed by atoms with Crippen LogP contribution < -0.4 is 10.2 Å². The molecule has 3 aromatic rings. The topological polar surface area (TPSA) is 61.9 Å². The van der Waals surface area contributed by atoms with Crippen LogP contribution in [0.3, 0.4) is 0 Å². The summed E-state index contributed by atoms with van der Waals surface area (Å²) in [5.74, 6) is 0.941. The van der Waals surface area contributed by atoms with Crippen LogP contribution in [0.2, 0.25) is 0 Å². The Bertz CT molecular complexity index is 926. The van der Waals surface area contributed by atoms with Crippen molar-refractivity contribution >= 4 is 0 Å². The number of rotatable bonds is 5. The summed E-state index contributed by atoms with van der Waals surface area (Å²) in [5.41, 5.74) is 1.69. The van der Waals surface area contributed by atoms with Crippen LogP contribution in [0.4, 0.5) is 0 Å². The first-order chi connectivity index (χ1) is 12.3. The van der Waals surface area contributed by atoms with E-state index in [1.165, 1.54) is 26.4 Å². The molecule has 1 aliphatic rings. The fourth-order valence-corrected chi connectivity index (χ4v) is 3.12. The molecule has 0 unspecified atom stereocenters. The fourth-order valence-electron chi connectivity index (χ4n) is 3.12. The molecule has 0 amide bonds. The van der Waals surface area contributed by atoms with Gasteiger partial charge in [0.1, 0.15) is 0 Å². The Balaban J connectivity index is 1.81. The molecule has 0 radical (unpaired) electrons. The van der Waals surface area contributed by atoms with Gasteiger partial charge >= 0.3 is 0 Å². The van der Waals surface area contributed by atoms with E-state index in [2.05, 4.69) is 10.2 Å². The number of aromatic nitrogens is 4. The van der Waals surface area contributed by atoms with Gasteiger partial charge in [-0.05, 0) is 37.0 Å². The van der Waals surface area contributed by atoms with Crippen molar-refractivity contribution in [2.45, 2.75) is 25.8 Å². The highest BCUT2D eigenvalue weighted by Gasteiger charge is 2.21. The number of methoxy groups -OCH3 is 1. The monoisotopic (exact) mass is 336 g/mol. The molecule has 6 heteroatoms. The number of hydrogen-bond donors (Lipinski definition) is 0. The second-order valence-corrected chi connectivity index (χ2v) is 6.36. The van der Waals surface area contributed by atoms with Crippen LogP contribution in [0.5, 0.6) is 5.75 Å². The SMILES string of the molecule is COc1cn(CC2CCC2)nc(-c2ccnn2-c2ccccc2)c1=O. The van der Waals surface area contributed by atoms with E-state index >= 15 is 0 Å². The molecule has 0 bridgehead atoms. The van der Waals surface area contributed by atoms with Crippen LogP contribution >= 0.6 is 0 Å². The molecule has 1 saturated carbocycles. The van der Waals surface area contributed by atoms with Crippen molar-refractivity contribution in [2.24, 2.45) is 5.92 Å². The quantitative estimate of drug-likeness (QED) is 0.719. The molecule has 2 heterocycles. The Morgan fingerprint density at radius 3 is 2.68 bits per heavy atom. The molecule has 1 aromatic carbocycles. The first kappa shape index (κ1) is 15.6. The van der Waals surface area contributed by atoms with E-state index in [0.717, 1.165) is 12.2 Å². The second-order valence-electron chi connectivity index (χ2n) is 6.36. The molecular weight excluding hydrogens is 316 g/mol. The third-order valence-corrected chi connectivity index (χ3v) is 4.71. The van der Waals surface area contributed by atoms with Crippen molar-refractivity contribution in [3.05, 3.63) is 59.0 Å². The highest BCUT2D eigenvalue weighted by molar-refractivity contribution is 5.58. The summed E-state index contributed by atoms with van der Waals surface area (Å²) < 4.78 is 8.87. The van der Waals surface area contributed by atoms with Gasteiger partial charge in [0.15, 0.2) is 11.4 Å². The van der Waals surface area contributed by atoms with E-state index in [1.807, 2.05) is 41.1 Å². The Hall–Kier alpha value is -2.89. The van der Waals surface area contributed by atoms with Gasteiger partial charge in [-0.3, -0.25) is 9.48 Å². The minimum Gasteiger partial charge on any atom is -0.491 e. The number of para-hydroxylation sites is 1. The average Bonchev–Trinajstić information content (AvgIpc) is 3.09. The van der Waals surface area contributed by atoms with Crippen molar-refractivity contribution in [1.29, 1.82) is 0 Å². The Kier molecular flexibility index (Phi) is 4.09. The maximum absolute atomic E-state index is 12.8. The minimum atomic E-state index is -0.218. The molecule has 1 fully saturated rings. The highest BCUT2D eigenvalue weighted by Crippen LogP contribution is 2.28. The summed E-state index contributed by atoms with van der Waals surface area (Å²) in [6, 6.07) is 11.5. The van der Waals surface area contributed by atoms with Crippen LogP contribution in [0.25, 0.3) is 17.1 Å². The number of nitrogens with zero attached hydrogens (tertiary/aromatic N) is 4. The number of benzene rings is 1. The summed E-state index contributed by atoms with van der Waals surface area (Å²) in [4.78, 5) is 12.8. The molecule has 0 saturated heterocycles. The third-order valence-electron chi connectivity index (χ3n) is 4.71. The lowest BCUT2D eigenvalue weighted by molar-refractivity contribution is 0.262. The highest BCUT2D eigenvalue weighted by atomic mass is 16.5. The van der Waals surface area contributed by atoms with Gasteiger partial charge in [0, 0.05) is 6.54 Å². The van der Waals surface area contributed by atoms with E-state index in [0.29, 0.717) is 23.1 Å². The van der Waals surface area contributed by atoms with E-state index in [1.54, 1.807) is 17.1 Å². The van der Waals surface area contributed by atoms with E-state index in [-0.39, 0.29) is 5.43 Å². The van der Waals surface area contributed by atoms with Crippen LogP contribution in [-0.4, -0.2) is 26.7 Å². The van der Waals surface area contributed by atoms with Crippen molar-refractivity contribution in [3.8, 4) is 22.8 Å². The van der Waals surface area contributed by atoms with Crippen LogP contribution in [0.15, 0.2) is 53.6 Å². The zero-order chi connectivity index (χ0) is 17.2. The number of hydrogen-bond acceptors (Lipinski definition) is 4. The van der Waals surface area contributed by atoms with Gasteiger partial charge in [-0.1, -0.05) is 24.6 Å². The average molecular weight is 336 g/mol. The normalized spacial score (nSPS) is 14.3. The second kappa shape index (κ2) is 6.55. The molecule has 0 spiro atoms. The smallest absolute Gasteiger partial charge is 0.251 e. The standard InChI is InChI=1S/C19H20N4O2/c1-25-17-13-22(12-14-6-5-7-14)21-18(19(17)24)16-10-11-20-23(16)15-8-3-2-4-9-15/h2-4,8-11,13-14H,5-7,12H2,1H3. The maximum Gasteiger partial charge on any atom is 0.251 e. The van der Waals surface area contributed by atoms with Gasteiger partial charge in [-0.2, -0.15) is 10.2 Å². The van der Waals surface area contributed by atoms with Gasteiger partial charge in [0.25, 0.3) is 5.43 Å². The van der Waals surface area contributed by atoms with E-state index in [9.17, 15) is 4.79 Å². The molecule has 0 N–H and O–H groups in total. The predicted molar refractivity (Wildman–Crippen MR) is 94.9 cm³/mol. The Morgan fingerprint density at radius 1 is 1.20 bits per heavy atom. The molecule has 1 aliphatic carbocycles. The molecule has 128 valence electrons. The summed E-state index contributed by atoms with van der Waals surface area (Å²) in [5, 5.41) is 8.96. The van der Waals surface area contributed by atoms with Gasteiger partial charge in [0.05, 0.1) is 30.9 Å². The first-order valence-corrected chi connectivity index (χ1v) is 8.52. The third kappa shape index (κ3) is 2.95. The molecule has 6 nitrogen and oxygen atoms in total. The Labute approximate surface area is 145 Å². The molecular formula is C19H20N4O2. The lowest BCUT2D eigenvalue weighted by Gasteiger charge is -2.26. The minimum absolute atomic E-state index is 0.218. The molecule has 2 aromatic heterocycles. The van der Waals surface area contributed by atoms with Crippen LogP contribution in [-0.2, 0) is 6.54 Å². The lowest BCUT2D eigenvalue weighted by atomic mass is 9.85. The van der Waals surface area contributed by atoms with Gasteiger partial charge in [0.2, 0.25) is 0 Å². The zero-order valence-corrected chi connectivity index (χ0v) is 14.1. The summed E-state index contributed by atoms with van der Waals surface area (Å²) in [6.07, 6.45) is 7.09. The molecule has 4 rings (SSSR count). The summed E-state index contributed by atoms with van der Waals surface area (Å²) in [7, 11) is 1.52. The predicted octanol–water partition coefficient (Wildman–Crippen LogP) is 2.90. The van der Waals surface area contributed by atoms with E-state index in [4.69, 9.17) is 4.74 Å². The lowest BCUT2D eigenvalue weighted by Crippen LogP contribution is -2.23. The van der Waals surface area contributed by atoms with Crippen LogP contribution in [0.1, 0.15) is 19.3 Å². The molecule has 0 atom stereocenters. The van der Waals surface area contributed by atoms with Crippen molar-refractivity contribution < 1.29 is 4.74 Å². The van der Waals surface area contributed by atoms with Crippen LogP contribution in [0, 0.1) is 5.92 Å². The molecule has 0 aliphatic heterocycles. The van der Waals surface area contributed by atoms with Gasteiger partial charge in [-0.25, -0.2) is 4.68 Å². The fraction of sp³-hybridized carbons (Fsp3) is 0.316. The Morgan fingerprint density at radius 2 is 2.00 bits per heavy atom. The van der Waals surface area contributed by atoms with Crippen molar-refractivity contribution in [2.75, 3.05) is 7.11 Å². The zero-order valence-electron chi connectivity index (χ0n) is 14.1. The number of ether oxygens (including phenoxy) is 1. The van der Waals surface area contributed by atoms with Gasteiger partial charge in [-0.15, -0.1) is 0 Å². The summed E-state index contributed by atoms with van der Waals surface area (Å²) >= 11 is 0. The van der Waals surface area contributed by atoms with Crippen molar-refractivity contribution in [1.82, 2.24) is 19.6 Å². The summed E-state index contributed by atoms with van der Waals surface area (Å²) in [6.45, 7) is 0.809. The van der Waals surface area contributed by atoms with Crippen molar-refractivity contribution in [3.63, 3.8) is 0 Å².